The molecule has 0 saturated heterocycles. The number of para-hydroxylation sites is 1. The van der Waals surface area contributed by atoms with Crippen molar-refractivity contribution in [3.63, 3.8) is 0 Å². The van der Waals surface area contributed by atoms with Crippen LogP contribution in [0.15, 0.2) is 85.1 Å². The van der Waals surface area contributed by atoms with Crippen molar-refractivity contribution in [2.24, 2.45) is 0 Å². The number of hydrogen-bond donors (Lipinski definition) is 0. The van der Waals surface area contributed by atoms with E-state index in [2.05, 4.69) is 36.4 Å². The third-order valence-corrected chi connectivity index (χ3v) is 5.37. The lowest BCUT2D eigenvalue weighted by Crippen LogP contribution is -2.02. The Balaban J connectivity index is 1.80. The first-order valence-electron chi connectivity index (χ1n) is 9.61. The lowest BCUT2D eigenvalue weighted by molar-refractivity contribution is 0.458. The Kier molecular flexibility index (Phi) is 3.35. The van der Waals surface area contributed by atoms with Crippen molar-refractivity contribution in [3.05, 3.63) is 90.8 Å². The van der Waals surface area contributed by atoms with Gasteiger partial charge in [-0.3, -0.25) is 0 Å². The Morgan fingerprint density at radius 1 is 0.759 bits per heavy atom. The number of aromatic nitrogens is 3. The van der Waals surface area contributed by atoms with Crippen LogP contribution < -0.4 is 4.74 Å². The molecule has 0 unspecified atom stereocenters. The molecule has 1 aliphatic rings. The van der Waals surface area contributed by atoms with E-state index in [0.29, 0.717) is 0 Å². The van der Waals surface area contributed by atoms with Gasteiger partial charge >= 0.3 is 0 Å². The maximum Gasteiger partial charge on any atom is 0.216 e. The predicted molar refractivity (Wildman–Crippen MR) is 115 cm³/mol. The first-order chi connectivity index (χ1) is 14.3. The van der Waals surface area contributed by atoms with Crippen molar-refractivity contribution in [2.75, 3.05) is 0 Å². The molecule has 4 heterocycles. The Bertz CT molecular complexity index is 1400. The highest BCUT2D eigenvalue weighted by atomic mass is 16.5. The molecule has 0 saturated carbocycles. The SMILES string of the molecule is Cc1cccc(-n2c3c(c4cccnc42)-c2ccccc2-c2ccccc2O3)n1. The van der Waals surface area contributed by atoms with E-state index in [9.17, 15) is 0 Å². The van der Waals surface area contributed by atoms with Crippen LogP contribution in [0.25, 0.3) is 39.1 Å². The van der Waals surface area contributed by atoms with Gasteiger partial charge in [-0.15, -0.1) is 0 Å². The zero-order chi connectivity index (χ0) is 19.4. The topological polar surface area (TPSA) is 39.9 Å². The summed E-state index contributed by atoms with van der Waals surface area (Å²) in [7, 11) is 0. The molecule has 4 heteroatoms. The quantitative estimate of drug-likeness (QED) is 0.345. The van der Waals surface area contributed by atoms with Crippen molar-refractivity contribution in [1.82, 2.24) is 14.5 Å². The Hall–Kier alpha value is -3.92. The third-order valence-electron chi connectivity index (χ3n) is 5.37. The second-order valence-electron chi connectivity index (χ2n) is 7.17. The summed E-state index contributed by atoms with van der Waals surface area (Å²) in [6.07, 6.45) is 1.81. The monoisotopic (exact) mass is 375 g/mol. The van der Waals surface area contributed by atoms with Crippen LogP contribution in [0.5, 0.6) is 11.6 Å². The lowest BCUT2D eigenvalue weighted by atomic mass is 9.95. The second-order valence-corrected chi connectivity index (χ2v) is 7.17. The molecule has 3 aromatic heterocycles. The van der Waals surface area contributed by atoms with Gasteiger partial charge in [0.25, 0.3) is 0 Å². The first-order valence-corrected chi connectivity index (χ1v) is 9.61. The van der Waals surface area contributed by atoms with Crippen LogP contribution in [0, 0.1) is 6.92 Å². The summed E-state index contributed by atoms with van der Waals surface area (Å²) in [6.45, 7) is 1.99. The summed E-state index contributed by atoms with van der Waals surface area (Å²) in [5.41, 5.74) is 6.20. The van der Waals surface area contributed by atoms with Gasteiger partial charge in [-0.2, -0.15) is 0 Å². The van der Waals surface area contributed by atoms with Crippen LogP contribution in [-0.4, -0.2) is 14.5 Å². The molecule has 6 rings (SSSR count). The van der Waals surface area contributed by atoms with Crippen molar-refractivity contribution in [3.8, 4) is 39.7 Å². The highest BCUT2D eigenvalue weighted by molar-refractivity contribution is 6.04. The average molecular weight is 375 g/mol. The number of rotatable bonds is 1. The summed E-state index contributed by atoms with van der Waals surface area (Å²) in [5.74, 6) is 2.37. The van der Waals surface area contributed by atoms with Gasteiger partial charge in [-0.05, 0) is 48.4 Å². The molecule has 0 N–H and O–H groups in total. The van der Waals surface area contributed by atoms with E-state index >= 15 is 0 Å². The fourth-order valence-electron chi connectivity index (χ4n) is 4.13. The van der Waals surface area contributed by atoms with E-state index in [-0.39, 0.29) is 0 Å². The van der Waals surface area contributed by atoms with Gasteiger partial charge in [-0.25, -0.2) is 14.5 Å². The Labute approximate surface area is 168 Å². The lowest BCUT2D eigenvalue weighted by Gasteiger charge is -2.12. The molecule has 0 spiro atoms. The van der Waals surface area contributed by atoms with E-state index in [1.165, 1.54) is 0 Å². The van der Waals surface area contributed by atoms with E-state index < -0.39 is 0 Å². The summed E-state index contributed by atoms with van der Waals surface area (Å²) < 4.78 is 8.60. The molecule has 0 atom stereocenters. The van der Waals surface area contributed by atoms with E-state index in [1.807, 2.05) is 60.2 Å². The van der Waals surface area contributed by atoms with Crippen molar-refractivity contribution in [1.29, 1.82) is 0 Å². The molecule has 0 radical (unpaired) electrons. The van der Waals surface area contributed by atoms with E-state index in [4.69, 9.17) is 14.7 Å². The number of hydrogen-bond acceptors (Lipinski definition) is 3. The average Bonchev–Trinajstić information content (AvgIpc) is 2.99. The smallest absolute Gasteiger partial charge is 0.216 e. The van der Waals surface area contributed by atoms with Gasteiger partial charge in [0.1, 0.15) is 17.2 Å². The largest absolute Gasteiger partial charge is 0.439 e. The molecule has 0 amide bonds. The van der Waals surface area contributed by atoms with Gasteiger partial charge in [0.05, 0.1) is 5.56 Å². The van der Waals surface area contributed by atoms with Crippen molar-refractivity contribution < 1.29 is 4.74 Å². The molecule has 138 valence electrons. The van der Waals surface area contributed by atoms with Gasteiger partial charge in [0.15, 0.2) is 0 Å². The Morgan fingerprint density at radius 3 is 2.41 bits per heavy atom. The zero-order valence-electron chi connectivity index (χ0n) is 15.8. The maximum absolute atomic E-state index is 6.58. The zero-order valence-corrected chi connectivity index (χ0v) is 15.8. The van der Waals surface area contributed by atoms with Gasteiger partial charge < -0.3 is 4.74 Å². The minimum Gasteiger partial charge on any atom is -0.439 e. The van der Waals surface area contributed by atoms with Crippen LogP contribution >= 0.6 is 0 Å². The minimum atomic E-state index is 0.745. The van der Waals surface area contributed by atoms with Crippen molar-refractivity contribution in [2.45, 2.75) is 6.92 Å². The third kappa shape index (κ3) is 2.32. The summed E-state index contributed by atoms with van der Waals surface area (Å²) in [5, 5.41) is 1.05. The molecule has 29 heavy (non-hydrogen) atoms. The molecule has 5 aromatic rings. The minimum absolute atomic E-state index is 0.745. The van der Waals surface area contributed by atoms with Crippen molar-refractivity contribution >= 4 is 11.0 Å². The van der Waals surface area contributed by atoms with Crippen LogP contribution in [0.3, 0.4) is 0 Å². The number of aryl methyl sites for hydroxylation is 1. The summed E-state index contributed by atoms with van der Waals surface area (Å²) in [4.78, 5) is 9.45. The van der Waals surface area contributed by atoms with Crippen LogP contribution in [0.4, 0.5) is 0 Å². The predicted octanol–water partition coefficient (Wildman–Crippen LogP) is 6.17. The number of fused-ring (bicyclic) bond motifs is 7. The number of nitrogens with zero attached hydrogens (tertiary/aromatic N) is 3. The van der Waals surface area contributed by atoms with Gasteiger partial charge in [0.2, 0.25) is 5.88 Å². The molecular formula is C25H17N3O. The van der Waals surface area contributed by atoms with Gasteiger partial charge in [-0.1, -0.05) is 48.5 Å². The van der Waals surface area contributed by atoms with Crippen LogP contribution in [0.2, 0.25) is 0 Å². The normalized spacial score (nSPS) is 11.9. The number of ether oxygens (including phenoxy) is 1. The Morgan fingerprint density at radius 2 is 1.55 bits per heavy atom. The first kappa shape index (κ1) is 16.1. The van der Waals surface area contributed by atoms with Crippen LogP contribution in [-0.2, 0) is 0 Å². The van der Waals surface area contributed by atoms with Gasteiger partial charge in [0, 0.05) is 22.8 Å². The molecule has 1 aliphatic heterocycles. The molecule has 0 aliphatic carbocycles. The highest BCUT2D eigenvalue weighted by Gasteiger charge is 2.28. The molecule has 2 aromatic carbocycles. The molecule has 0 fully saturated rings. The molecule has 4 nitrogen and oxygen atoms in total. The molecular weight excluding hydrogens is 358 g/mol. The molecule has 0 bridgehead atoms. The number of pyridine rings is 2. The fraction of sp³-hybridized carbons (Fsp3) is 0.0400. The summed E-state index contributed by atoms with van der Waals surface area (Å²) >= 11 is 0. The van der Waals surface area contributed by atoms with Crippen LogP contribution in [0.1, 0.15) is 5.69 Å². The van der Waals surface area contributed by atoms with E-state index in [0.717, 1.165) is 56.4 Å². The second kappa shape index (κ2) is 6.04. The number of benzene rings is 2. The fourth-order valence-corrected chi connectivity index (χ4v) is 4.13. The summed E-state index contributed by atoms with van der Waals surface area (Å²) in [6, 6.07) is 26.7. The maximum atomic E-state index is 6.58. The van der Waals surface area contributed by atoms with E-state index in [1.54, 1.807) is 0 Å². The highest BCUT2D eigenvalue weighted by Crippen LogP contribution is 2.50. The standard InChI is InChI=1S/C25H17N3O/c1-16-8-6-14-22(27-16)28-24-20(12-7-15-26-24)23-19-11-3-2-9-17(19)18-10-4-5-13-21(18)29-25(23)28/h2-15H,1H3.